The van der Waals surface area contributed by atoms with E-state index in [9.17, 15) is 8.42 Å². The first-order valence-electron chi connectivity index (χ1n) is 10.0. The summed E-state index contributed by atoms with van der Waals surface area (Å²) in [5.41, 5.74) is 1.04. The number of ether oxygens (including phenoxy) is 3. The predicted molar refractivity (Wildman–Crippen MR) is 125 cm³/mol. The normalized spacial score (nSPS) is 13.4. The number of aromatic nitrogens is 4. The van der Waals surface area contributed by atoms with Crippen molar-refractivity contribution in [2.24, 2.45) is 0 Å². The van der Waals surface area contributed by atoms with Crippen molar-refractivity contribution in [3.8, 4) is 17.2 Å². The summed E-state index contributed by atoms with van der Waals surface area (Å²) in [5, 5.41) is 7.81. The van der Waals surface area contributed by atoms with Gasteiger partial charge in [-0.1, -0.05) is 24.6 Å². The molecule has 0 fully saturated rings. The third kappa shape index (κ3) is 5.21. The van der Waals surface area contributed by atoms with Crippen LogP contribution < -0.4 is 14.2 Å². The van der Waals surface area contributed by atoms with Gasteiger partial charge in [-0.2, -0.15) is 0 Å². The number of pyridine rings is 1. The quantitative estimate of drug-likeness (QED) is 0.454. The van der Waals surface area contributed by atoms with Crippen LogP contribution in [0.25, 0.3) is 5.69 Å². The number of anilines is 1. The van der Waals surface area contributed by atoms with Crippen molar-refractivity contribution < 1.29 is 22.6 Å². The van der Waals surface area contributed by atoms with Crippen LogP contribution in [0.5, 0.6) is 11.5 Å². The Kier molecular flexibility index (Phi) is 7.77. The molecule has 0 bridgehead atoms. The molecule has 0 aliphatic carbocycles. The number of hydrogen-bond acceptors (Lipinski definition) is 8. The van der Waals surface area contributed by atoms with Crippen LogP contribution in [-0.2, 0) is 21.4 Å². The summed E-state index contributed by atoms with van der Waals surface area (Å²) in [7, 11) is 0.605. The molecule has 10 nitrogen and oxygen atoms in total. The van der Waals surface area contributed by atoms with E-state index in [4.69, 9.17) is 25.8 Å². The maximum Gasteiger partial charge on any atom is 0.243 e. The lowest BCUT2D eigenvalue weighted by molar-refractivity contribution is 0.176. The molecule has 33 heavy (non-hydrogen) atoms. The van der Waals surface area contributed by atoms with Crippen LogP contribution >= 0.6 is 11.6 Å². The number of methoxy groups -OCH3 is 3. The van der Waals surface area contributed by atoms with E-state index in [2.05, 4.69) is 19.9 Å². The van der Waals surface area contributed by atoms with E-state index in [1.54, 1.807) is 44.2 Å². The lowest BCUT2D eigenvalue weighted by Crippen LogP contribution is -2.31. The number of benzene rings is 1. The second kappa shape index (κ2) is 10.4. The van der Waals surface area contributed by atoms with Crippen molar-refractivity contribution in [2.45, 2.75) is 31.6 Å². The van der Waals surface area contributed by atoms with Crippen LogP contribution in [0.4, 0.5) is 5.95 Å². The van der Waals surface area contributed by atoms with Crippen molar-refractivity contribution in [1.29, 1.82) is 0 Å². The van der Waals surface area contributed by atoms with E-state index in [1.807, 2.05) is 0 Å². The maximum atomic E-state index is 13.3. The van der Waals surface area contributed by atoms with Gasteiger partial charge in [0.15, 0.2) is 5.82 Å². The third-order valence-electron chi connectivity index (χ3n) is 5.27. The number of sulfonamides is 1. The van der Waals surface area contributed by atoms with Crippen LogP contribution in [0.2, 0.25) is 5.02 Å². The minimum atomic E-state index is -3.91. The number of hydrogen-bond donors (Lipinski definition) is 1. The summed E-state index contributed by atoms with van der Waals surface area (Å²) in [6.45, 7) is 3.46. The van der Waals surface area contributed by atoms with Crippen LogP contribution in [0.3, 0.4) is 0 Å². The summed E-state index contributed by atoms with van der Waals surface area (Å²) in [6, 6.07) is 8.59. The number of rotatable bonds is 10. The highest BCUT2D eigenvalue weighted by Crippen LogP contribution is 2.36. The molecule has 0 radical (unpaired) electrons. The minimum absolute atomic E-state index is 0.0204. The van der Waals surface area contributed by atoms with Gasteiger partial charge in [-0.15, -0.1) is 10.2 Å². The van der Waals surface area contributed by atoms with Crippen molar-refractivity contribution in [3.63, 3.8) is 0 Å². The molecule has 0 amide bonds. The van der Waals surface area contributed by atoms with Crippen molar-refractivity contribution in [1.82, 2.24) is 19.7 Å². The summed E-state index contributed by atoms with van der Waals surface area (Å²) < 4.78 is 46.9. The fourth-order valence-electron chi connectivity index (χ4n) is 3.28. The summed E-state index contributed by atoms with van der Waals surface area (Å²) >= 11 is 5.90. The van der Waals surface area contributed by atoms with E-state index in [0.29, 0.717) is 33.7 Å². The van der Waals surface area contributed by atoms with Crippen LogP contribution in [-0.4, -0.2) is 54.7 Å². The first-order chi connectivity index (χ1) is 15.7. The number of nitrogens with one attached hydrogen (secondary N) is 1. The second-order valence-electron chi connectivity index (χ2n) is 7.26. The Morgan fingerprint density at radius 1 is 1.06 bits per heavy atom. The smallest absolute Gasteiger partial charge is 0.243 e. The molecule has 1 N–H and O–H groups in total. The van der Waals surface area contributed by atoms with Crippen molar-refractivity contribution >= 4 is 27.6 Å². The number of halogens is 1. The highest BCUT2D eigenvalue weighted by atomic mass is 35.5. The van der Waals surface area contributed by atoms with E-state index in [0.717, 1.165) is 0 Å². The molecule has 0 aliphatic rings. The minimum Gasteiger partial charge on any atom is -0.494 e. The Balaban J connectivity index is 2.04. The average molecular weight is 496 g/mol. The van der Waals surface area contributed by atoms with Gasteiger partial charge < -0.3 is 14.2 Å². The molecule has 178 valence electrons. The molecule has 0 spiro atoms. The van der Waals surface area contributed by atoms with Gasteiger partial charge in [0.05, 0.1) is 24.5 Å². The van der Waals surface area contributed by atoms with E-state index < -0.39 is 21.2 Å². The molecule has 12 heteroatoms. The van der Waals surface area contributed by atoms with Crippen LogP contribution in [0, 0.1) is 0 Å². The molecule has 2 heterocycles. The van der Waals surface area contributed by atoms with Crippen molar-refractivity contribution in [2.75, 3.05) is 26.1 Å². The fourth-order valence-corrected chi connectivity index (χ4v) is 4.64. The van der Waals surface area contributed by atoms with Gasteiger partial charge in [0, 0.05) is 24.9 Å². The third-order valence-corrected chi connectivity index (χ3v) is 7.35. The predicted octanol–water partition coefficient (Wildman–Crippen LogP) is 3.41. The molecule has 2 atom stereocenters. The van der Waals surface area contributed by atoms with Gasteiger partial charge in [0.25, 0.3) is 0 Å². The Morgan fingerprint density at radius 3 is 2.27 bits per heavy atom. The molecule has 0 unspecified atom stereocenters. The molecular weight excluding hydrogens is 470 g/mol. The van der Waals surface area contributed by atoms with Gasteiger partial charge in [-0.05, 0) is 31.2 Å². The summed E-state index contributed by atoms with van der Waals surface area (Å²) in [4.78, 5) is 4.25. The average Bonchev–Trinajstić information content (AvgIpc) is 3.18. The Morgan fingerprint density at radius 2 is 1.73 bits per heavy atom. The highest BCUT2D eigenvalue weighted by Gasteiger charge is 2.31. The molecule has 3 aromatic rings. The Labute approximate surface area is 197 Å². The van der Waals surface area contributed by atoms with E-state index >= 15 is 0 Å². The zero-order chi connectivity index (χ0) is 24.2. The number of nitrogens with zero attached hydrogens (tertiary/aromatic N) is 4. The molecule has 0 saturated heterocycles. The molecule has 3 rings (SSSR count). The second-order valence-corrected chi connectivity index (χ2v) is 9.74. The SMILES string of the molecule is COCc1nnc(NS(=O)(=O)[C@@H](C)[C@H](C)c2ccc(Cl)cn2)n1-c1c(OC)cccc1OC. The fraction of sp³-hybridized carbons (Fsp3) is 0.381. The van der Waals surface area contributed by atoms with Gasteiger partial charge in [-0.25, -0.2) is 8.42 Å². The van der Waals surface area contributed by atoms with Gasteiger partial charge in [0.1, 0.15) is 23.8 Å². The van der Waals surface area contributed by atoms with Gasteiger partial charge in [-0.3, -0.25) is 14.3 Å². The molecule has 0 saturated carbocycles. The lowest BCUT2D eigenvalue weighted by Gasteiger charge is -2.22. The van der Waals surface area contributed by atoms with Gasteiger partial charge >= 0.3 is 0 Å². The summed E-state index contributed by atoms with van der Waals surface area (Å²) in [5.74, 6) is 0.805. The van der Waals surface area contributed by atoms with E-state index in [1.165, 1.54) is 32.1 Å². The summed E-state index contributed by atoms with van der Waals surface area (Å²) in [6.07, 6.45) is 1.49. The maximum absolute atomic E-state index is 13.3. The molecule has 1 aromatic carbocycles. The standard InChI is InChI=1S/C21H26ClN5O5S/c1-13(16-10-9-15(22)11-23-16)14(2)33(28,29)26-21-25-24-19(12-30-3)27(21)20-17(31-4)7-6-8-18(20)32-5/h6-11,13-14H,12H2,1-5H3,(H,25,26)/t13-,14-/m0/s1. The molecular formula is C21H26ClN5O5S. The van der Waals surface area contributed by atoms with E-state index in [-0.39, 0.29) is 12.6 Å². The van der Waals surface area contributed by atoms with Crippen molar-refractivity contribution in [3.05, 3.63) is 53.1 Å². The Hall–Kier alpha value is -2.89. The monoisotopic (exact) mass is 495 g/mol. The zero-order valence-corrected chi connectivity index (χ0v) is 20.5. The first-order valence-corrected chi connectivity index (χ1v) is 11.9. The Bertz CT molecular complexity index is 1180. The topological polar surface area (TPSA) is 117 Å². The van der Waals surface area contributed by atoms with Crippen LogP contribution in [0.1, 0.15) is 31.3 Å². The largest absolute Gasteiger partial charge is 0.494 e. The highest BCUT2D eigenvalue weighted by molar-refractivity contribution is 7.93. The first kappa shape index (κ1) is 24.7. The lowest BCUT2D eigenvalue weighted by atomic mass is 10.0. The number of para-hydroxylation sites is 1. The molecule has 0 aliphatic heterocycles. The van der Waals surface area contributed by atoms with Gasteiger partial charge in [0.2, 0.25) is 16.0 Å². The molecule has 2 aromatic heterocycles. The zero-order valence-electron chi connectivity index (χ0n) is 18.9. The van der Waals surface area contributed by atoms with Crippen LogP contribution in [0.15, 0.2) is 36.5 Å².